The highest BCUT2D eigenvalue weighted by atomic mass is 35.5. The van der Waals surface area contributed by atoms with E-state index in [1.54, 1.807) is 0 Å². The standard InChI is InChI=1S/C15H18Cl2N2/c16-9-7-14-18-13-6-2-5-12(17)15(13)19(14)10-8-11-3-1-4-11/h2,5-6,11H,1,3-4,7-10H2. The van der Waals surface area contributed by atoms with Crippen LogP contribution in [-0.4, -0.2) is 15.4 Å². The van der Waals surface area contributed by atoms with E-state index in [0.29, 0.717) is 5.88 Å². The van der Waals surface area contributed by atoms with Crippen LogP contribution in [0.2, 0.25) is 5.02 Å². The number of aryl methyl sites for hydroxylation is 2. The van der Waals surface area contributed by atoms with Crippen molar-refractivity contribution in [2.45, 2.75) is 38.6 Å². The average Bonchev–Trinajstić information content (AvgIpc) is 2.67. The summed E-state index contributed by atoms with van der Waals surface area (Å²) in [7, 11) is 0. The number of halogens is 2. The molecule has 1 fully saturated rings. The molecule has 2 nitrogen and oxygen atoms in total. The van der Waals surface area contributed by atoms with Crippen molar-refractivity contribution in [2.24, 2.45) is 5.92 Å². The molecular weight excluding hydrogens is 279 g/mol. The van der Waals surface area contributed by atoms with Gasteiger partial charge >= 0.3 is 0 Å². The monoisotopic (exact) mass is 296 g/mol. The first-order valence-corrected chi connectivity index (χ1v) is 7.90. The van der Waals surface area contributed by atoms with E-state index in [-0.39, 0.29) is 0 Å². The second-order valence-corrected chi connectivity index (χ2v) is 6.10. The Bertz CT molecular complexity index is 573. The normalized spacial score (nSPS) is 15.9. The highest BCUT2D eigenvalue weighted by molar-refractivity contribution is 6.35. The summed E-state index contributed by atoms with van der Waals surface area (Å²) in [5, 5.41) is 0.791. The maximum Gasteiger partial charge on any atom is 0.111 e. The van der Waals surface area contributed by atoms with Crippen LogP contribution in [0.4, 0.5) is 0 Å². The van der Waals surface area contributed by atoms with Crippen molar-refractivity contribution < 1.29 is 0 Å². The van der Waals surface area contributed by atoms with E-state index >= 15 is 0 Å². The van der Waals surface area contributed by atoms with E-state index < -0.39 is 0 Å². The van der Waals surface area contributed by atoms with Gasteiger partial charge in [-0.05, 0) is 24.5 Å². The van der Waals surface area contributed by atoms with Gasteiger partial charge in [0, 0.05) is 18.8 Å². The summed E-state index contributed by atoms with van der Waals surface area (Å²) in [5.74, 6) is 2.56. The predicted molar refractivity (Wildman–Crippen MR) is 81.1 cm³/mol. The van der Waals surface area contributed by atoms with Gasteiger partial charge in [0.05, 0.1) is 16.1 Å². The minimum atomic E-state index is 0.602. The lowest BCUT2D eigenvalue weighted by molar-refractivity contribution is 0.282. The molecule has 1 aromatic heterocycles. The smallest absolute Gasteiger partial charge is 0.111 e. The SMILES string of the molecule is ClCCc1nc2cccc(Cl)c2n1CCC1CCC1. The van der Waals surface area contributed by atoms with Crippen molar-refractivity contribution in [1.82, 2.24) is 9.55 Å². The molecule has 0 bridgehead atoms. The van der Waals surface area contributed by atoms with E-state index in [0.717, 1.165) is 40.8 Å². The summed E-state index contributed by atoms with van der Waals surface area (Å²) in [5.41, 5.74) is 2.06. The number of aromatic nitrogens is 2. The van der Waals surface area contributed by atoms with Crippen molar-refractivity contribution in [1.29, 1.82) is 0 Å². The van der Waals surface area contributed by atoms with Crippen LogP contribution in [0.25, 0.3) is 11.0 Å². The van der Waals surface area contributed by atoms with Crippen LogP contribution in [0.15, 0.2) is 18.2 Å². The topological polar surface area (TPSA) is 17.8 Å². The fourth-order valence-corrected chi connectivity index (χ4v) is 3.24. The molecule has 0 amide bonds. The van der Waals surface area contributed by atoms with Crippen LogP contribution in [0.5, 0.6) is 0 Å². The second-order valence-electron chi connectivity index (χ2n) is 5.31. The number of alkyl halides is 1. The molecule has 0 spiro atoms. The molecule has 1 aromatic carbocycles. The van der Waals surface area contributed by atoms with Crippen molar-refractivity contribution >= 4 is 34.2 Å². The summed E-state index contributed by atoms with van der Waals surface area (Å²) in [6, 6.07) is 5.92. The van der Waals surface area contributed by atoms with E-state index in [4.69, 9.17) is 23.2 Å². The molecule has 1 heterocycles. The van der Waals surface area contributed by atoms with Gasteiger partial charge in [-0.1, -0.05) is 36.9 Å². The van der Waals surface area contributed by atoms with Crippen LogP contribution in [0.3, 0.4) is 0 Å². The highest BCUT2D eigenvalue weighted by Crippen LogP contribution is 2.31. The zero-order chi connectivity index (χ0) is 13.2. The molecule has 1 aliphatic rings. The van der Waals surface area contributed by atoms with Crippen LogP contribution in [0.1, 0.15) is 31.5 Å². The van der Waals surface area contributed by atoms with E-state index in [2.05, 4.69) is 9.55 Å². The third kappa shape index (κ3) is 2.61. The summed E-state index contributed by atoms with van der Waals surface area (Å²) in [6.45, 7) is 1.01. The molecular formula is C15H18Cl2N2. The minimum absolute atomic E-state index is 0.602. The third-order valence-corrected chi connectivity index (χ3v) is 4.59. The summed E-state index contributed by atoms with van der Waals surface area (Å²) < 4.78 is 2.28. The third-order valence-electron chi connectivity index (χ3n) is 4.10. The number of hydrogen-bond acceptors (Lipinski definition) is 1. The van der Waals surface area contributed by atoms with Crippen molar-refractivity contribution in [3.63, 3.8) is 0 Å². The Morgan fingerprint density at radius 2 is 2.16 bits per heavy atom. The molecule has 0 N–H and O–H groups in total. The molecule has 0 unspecified atom stereocenters. The van der Waals surface area contributed by atoms with Gasteiger partial charge < -0.3 is 4.57 Å². The molecule has 0 atom stereocenters. The van der Waals surface area contributed by atoms with E-state index in [1.165, 1.54) is 25.7 Å². The number of rotatable bonds is 5. The van der Waals surface area contributed by atoms with Crippen molar-refractivity contribution in [3.8, 4) is 0 Å². The van der Waals surface area contributed by atoms with Gasteiger partial charge in [0.25, 0.3) is 0 Å². The first kappa shape index (κ1) is 13.3. The minimum Gasteiger partial charge on any atom is -0.327 e. The number of imidazole rings is 1. The van der Waals surface area contributed by atoms with Crippen LogP contribution in [0, 0.1) is 5.92 Å². The van der Waals surface area contributed by atoms with Gasteiger partial charge in [-0.3, -0.25) is 0 Å². The van der Waals surface area contributed by atoms with Gasteiger partial charge in [-0.25, -0.2) is 4.98 Å². The van der Waals surface area contributed by atoms with Crippen LogP contribution in [-0.2, 0) is 13.0 Å². The summed E-state index contributed by atoms with van der Waals surface area (Å²) in [6.07, 6.45) is 6.18. The number of hydrogen-bond donors (Lipinski definition) is 0. The Morgan fingerprint density at radius 3 is 2.84 bits per heavy atom. The fourth-order valence-electron chi connectivity index (χ4n) is 2.80. The van der Waals surface area contributed by atoms with Gasteiger partial charge in [-0.2, -0.15) is 0 Å². The Balaban J connectivity index is 1.94. The molecule has 3 rings (SSSR count). The molecule has 0 radical (unpaired) electrons. The molecule has 19 heavy (non-hydrogen) atoms. The maximum absolute atomic E-state index is 6.35. The van der Waals surface area contributed by atoms with E-state index in [1.807, 2.05) is 18.2 Å². The maximum atomic E-state index is 6.35. The first-order chi connectivity index (χ1) is 9.29. The van der Waals surface area contributed by atoms with E-state index in [9.17, 15) is 0 Å². The zero-order valence-corrected chi connectivity index (χ0v) is 12.4. The molecule has 1 aliphatic carbocycles. The largest absolute Gasteiger partial charge is 0.327 e. The lowest BCUT2D eigenvalue weighted by Crippen LogP contribution is -2.15. The first-order valence-electron chi connectivity index (χ1n) is 6.99. The van der Waals surface area contributed by atoms with Gasteiger partial charge in [-0.15, -0.1) is 11.6 Å². The van der Waals surface area contributed by atoms with Crippen molar-refractivity contribution in [3.05, 3.63) is 29.0 Å². The molecule has 1 saturated carbocycles. The molecule has 0 aliphatic heterocycles. The zero-order valence-electron chi connectivity index (χ0n) is 10.9. The number of nitrogens with zero attached hydrogens (tertiary/aromatic N) is 2. The van der Waals surface area contributed by atoms with Crippen LogP contribution >= 0.6 is 23.2 Å². The molecule has 2 aromatic rings. The Labute approximate surface area is 123 Å². The lowest BCUT2D eigenvalue weighted by Gasteiger charge is -2.25. The average molecular weight is 297 g/mol. The second kappa shape index (κ2) is 5.72. The number of benzene rings is 1. The quantitative estimate of drug-likeness (QED) is 0.734. The van der Waals surface area contributed by atoms with Gasteiger partial charge in [0.2, 0.25) is 0 Å². The van der Waals surface area contributed by atoms with Gasteiger partial charge in [0.15, 0.2) is 0 Å². The lowest BCUT2D eigenvalue weighted by atomic mass is 9.83. The Morgan fingerprint density at radius 1 is 1.32 bits per heavy atom. The predicted octanol–water partition coefficient (Wildman–Crippen LogP) is 4.66. The Kier molecular flexibility index (Phi) is 3.99. The highest BCUT2D eigenvalue weighted by Gasteiger charge is 2.19. The molecule has 0 saturated heterocycles. The molecule has 102 valence electrons. The van der Waals surface area contributed by atoms with Crippen LogP contribution < -0.4 is 0 Å². The number of fused-ring (bicyclic) bond motifs is 1. The summed E-state index contributed by atoms with van der Waals surface area (Å²) >= 11 is 12.2. The fraction of sp³-hybridized carbons (Fsp3) is 0.533. The van der Waals surface area contributed by atoms with Crippen molar-refractivity contribution in [2.75, 3.05) is 5.88 Å². The Hall–Kier alpha value is -0.730. The number of para-hydroxylation sites is 1. The molecule has 4 heteroatoms. The van der Waals surface area contributed by atoms with Gasteiger partial charge in [0.1, 0.15) is 5.82 Å². The summed E-state index contributed by atoms with van der Waals surface area (Å²) in [4.78, 5) is 4.68.